The Morgan fingerprint density at radius 1 is 1.45 bits per heavy atom. The summed E-state index contributed by atoms with van der Waals surface area (Å²) in [5, 5.41) is 2.60. The summed E-state index contributed by atoms with van der Waals surface area (Å²) < 4.78 is 6.52. The Bertz CT molecular complexity index is 399. The Balaban J connectivity index is 2.93. The molecule has 11 heavy (non-hydrogen) atoms. The van der Waals surface area contributed by atoms with Gasteiger partial charge in [0, 0.05) is 11.1 Å². The van der Waals surface area contributed by atoms with Crippen molar-refractivity contribution >= 4 is 33.2 Å². The lowest BCUT2D eigenvalue weighted by Gasteiger charge is -1.80. The van der Waals surface area contributed by atoms with Crippen LogP contribution in [0.5, 0.6) is 0 Å². The van der Waals surface area contributed by atoms with Crippen molar-refractivity contribution in [2.45, 2.75) is 13.8 Å². The van der Waals surface area contributed by atoms with Crippen molar-refractivity contribution in [2.75, 3.05) is 0 Å². The summed E-state index contributed by atoms with van der Waals surface area (Å²) in [5.74, 6) is 0. The zero-order valence-electron chi connectivity index (χ0n) is 6.27. The molecule has 0 bridgehead atoms. The number of fused-ring (bicyclic) bond motifs is 1. The molecule has 0 unspecified atom stereocenters. The van der Waals surface area contributed by atoms with Gasteiger partial charge in [-0.2, -0.15) is 0 Å². The average Bonchev–Trinajstić information content (AvgIpc) is 2.43. The standard InChI is InChI=1S/C8H7ClOS/c1-4-3-11-7-5(2)8(9)10-6(4)7/h3H,1-2H3. The molecule has 2 aromatic rings. The van der Waals surface area contributed by atoms with Gasteiger partial charge in [-0.1, -0.05) is 0 Å². The van der Waals surface area contributed by atoms with Crippen LogP contribution in [0.3, 0.4) is 0 Å². The summed E-state index contributed by atoms with van der Waals surface area (Å²) in [4.78, 5) is 0. The molecule has 0 radical (unpaired) electrons. The van der Waals surface area contributed by atoms with E-state index in [4.69, 9.17) is 16.0 Å². The Hall–Kier alpha value is -0.470. The summed E-state index contributed by atoms with van der Waals surface area (Å²) in [6.45, 7) is 4.00. The fourth-order valence-corrected chi connectivity index (χ4v) is 2.28. The van der Waals surface area contributed by atoms with E-state index in [9.17, 15) is 0 Å². The van der Waals surface area contributed by atoms with Crippen LogP contribution in [-0.2, 0) is 0 Å². The molecule has 0 saturated heterocycles. The van der Waals surface area contributed by atoms with Crippen LogP contribution < -0.4 is 0 Å². The van der Waals surface area contributed by atoms with Crippen LogP contribution in [-0.4, -0.2) is 0 Å². The van der Waals surface area contributed by atoms with Gasteiger partial charge in [0.15, 0.2) is 5.22 Å². The maximum Gasteiger partial charge on any atom is 0.198 e. The summed E-state index contributed by atoms with van der Waals surface area (Å²) >= 11 is 7.49. The molecule has 0 spiro atoms. The van der Waals surface area contributed by atoms with Gasteiger partial charge in [0.1, 0.15) is 5.58 Å². The third-order valence-corrected chi connectivity index (χ3v) is 3.30. The molecule has 0 amide bonds. The van der Waals surface area contributed by atoms with Gasteiger partial charge in [0.05, 0.1) is 4.70 Å². The number of hydrogen-bond donors (Lipinski definition) is 0. The van der Waals surface area contributed by atoms with Crippen LogP contribution in [0.25, 0.3) is 10.3 Å². The molecule has 0 aliphatic carbocycles. The van der Waals surface area contributed by atoms with Crippen LogP contribution in [0, 0.1) is 13.8 Å². The van der Waals surface area contributed by atoms with Gasteiger partial charge in [0.2, 0.25) is 0 Å². The van der Waals surface area contributed by atoms with Crippen LogP contribution in [0.15, 0.2) is 9.80 Å². The smallest absolute Gasteiger partial charge is 0.198 e. The van der Waals surface area contributed by atoms with Gasteiger partial charge in [-0.15, -0.1) is 11.3 Å². The van der Waals surface area contributed by atoms with Crippen molar-refractivity contribution in [3.63, 3.8) is 0 Å². The molecule has 1 nitrogen and oxygen atoms in total. The van der Waals surface area contributed by atoms with Crippen LogP contribution in [0.4, 0.5) is 0 Å². The Labute approximate surface area is 73.6 Å². The van der Waals surface area contributed by atoms with Crippen LogP contribution in [0.2, 0.25) is 5.22 Å². The Morgan fingerprint density at radius 3 is 2.82 bits per heavy atom. The summed E-state index contributed by atoms with van der Waals surface area (Å²) in [5.41, 5.74) is 3.16. The molecule has 3 heteroatoms. The third kappa shape index (κ3) is 0.898. The van der Waals surface area contributed by atoms with E-state index in [0.29, 0.717) is 5.22 Å². The van der Waals surface area contributed by atoms with Gasteiger partial charge in [0.25, 0.3) is 0 Å². The maximum absolute atomic E-state index is 5.81. The number of furan rings is 1. The number of thiophene rings is 1. The van der Waals surface area contributed by atoms with E-state index in [1.165, 1.54) is 10.3 Å². The molecular weight excluding hydrogens is 180 g/mol. The number of hydrogen-bond acceptors (Lipinski definition) is 2. The molecule has 0 fully saturated rings. The van der Waals surface area contributed by atoms with Gasteiger partial charge in [-0.25, -0.2) is 0 Å². The van der Waals surface area contributed by atoms with E-state index in [0.717, 1.165) is 11.1 Å². The minimum atomic E-state index is 0.523. The monoisotopic (exact) mass is 186 g/mol. The van der Waals surface area contributed by atoms with Gasteiger partial charge >= 0.3 is 0 Å². The maximum atomic E-state index is 5.81. The highest BCUT2D eigenvalue weighted by Gasteiger charge is 2.11. The van der Waals surface area contributed by atoms with E-state index in [1.807, 2.05) is 13.8 Å². The van der Waals surface area contributed by atoms with Crippen molar-refractivity contribution in [3.8, 4) is 0 Å². The third-order valence-electron chi connectivity index (χ3n) is 1.75. The van der Waals surface area contributed by atoms with Gasteiger partial charge in [-0.05, 0) is 30.8 Å². The van der Waals surface area contributed by atoms with Crippen molar-refractivity contribution in [1.82, 2.24) is 0 Å². The summed E-state index contributed by atoms with van der Waals surface area (Å²) in [6, 6.07) is 0. The lowest BCUT2D eigenvalue weighted by atomic mass is 10.3. The lowest BCUT2D eigenvalue weighted by molar-refractivity contribution is 0.613. The second-order valence-corrected chi connectivity index (χ2v) is 3.80. The molecule has 0 atom stereocenters. The van der Waals surface area contributed by atoms with E-state index in [2.05, 4.69) is 5.38 Å². The highest BCUT2D eigenvalue weighted by molar-refractivity contribution is 7.17. The van der Waals surface area contributed by atoms with Crippen LogP contribution in [0.1, 0.15) is 11.1 Å². The molecule has 0 N–H and O–H groups in total. The normalized spacial score (nSPS) is 11.2. The first-order chi connectivity index (χ1) is 5.20. The highest BCUT2D eigenvalue weighted by Crippen LogP contribution is 2.35. The number of aryl methyl sites for hydroxylation is 2. The first kappa shape index (κ1) is 7.19. The van der Waals surface area contributed by atoms with Crippen molar-refractivity contribution in [2.24, 2.45) is 0 Å². The highest BCUT2D eigenvalue weighted by atomic mass is 35.5. The van der Waals surface area contributed by atoms with Crippen molar-refractivity contribution < 1.29 is 4.42 Å². The summed E-state index contributed by atoms with van der Waals surface area (Å²) in [6.07, 6.45) is 0. The second-order valence-electron chi connectivity index (χ2n) is 2.58. The molecule has 0 aromatic carbocycles. The molecular formula is C8H7ClOS. The molecule has 2 heterocycles. The van der Waals surface area contributed by atoms with Gasteiger partial charge < -0.3 is 4.42 Å². The van der Waals surface area contributed by atoms with Crippen molar-refractivity contribution in [1.29, 1.82) is 0 Å². The zero-order valence-corrected chi connectivity index (χ0v) is 7.84. The fourth-order valence-electron chi connectivity index (χ4n) is 1.07. The van der Waals surface area contributed by atoms with E-state index in [-0.39, 0.29) is 0 Å². The number of rotatable bonds is 0. The molecule has 0 aliphatic rings. The van der Waals surface area contributed by atoms with E-state index in [1.54, 1.807) is 11.3 Å². The molecule has 2 rings (SSSR count). The quantitative estimate of drug-likeness (QED) is 0.611. The Kier molecular flexibility index (Phi) is 1.48. The minimum Gasteiger partial charge on any atom is -0.443 e. The van der Waals surface area contributed by atoms with Crippen LogP contribution >= 0.6 is 22.9 Å². The average molecular weight is 187 g/mol. The number of halogens is 1. The first-order valence-electron chi connectivity index (χ1n) is 3.33. The largest absolute Gasteiger partial charge is 0.443 e. The zero-order chi connectivity index (χ0) is 8.01. The van der Waals surface area contributed by atoms with E-state index < -0.39 is 0 Å². The predicted octanol–water partition coefficient (Wildman–Crippen LogP) is 3.76. The molecule has 58 valence electrons. The molecule has 2 aromatic heterocycles. The lowest BCUT2D eigenvalue weighted by Crippen LogP contribution is -1.58. The minimum absolute atomic E-state index is 0.523. The Morgan fingerprint density at radius 2 is 2.18 bits per heavy atom. The molecule has 0 saturated carbocycles. The summed E-state index contributed by atoms with van der Waals surface area (Å²) in [7, 11) is 0. The van der Waals surface area contributed by atoms with E-state index >= 15 is 0 Å². The first-order valence-corrected chi connectivity index (χ1v) is 4.58. The van der Waals surface area contributed by atoms with Crippen molar-refractivity contribution in [3.05, 3.63) is 21.7 Å². The predicted molar refractivity (Wildman–Crippen MR) is 48.6 cm³/mol. The van der Waals surface area contributed by atoms with Gasteiger partial charge in [-0.3, -0.25) is 0 Å². The SMILES string of the molecule is Cc1csc2c(C)c(Cl)oc12. The topological polar surface area (TPSA) is 13.1 Å². The fraction of sp³-hybridized carbons (Fsp3) is 0.250. The second kappa shape index (κ2) is 2.26. The molecule has 0 aliphatic heterocycles.